The normalized spacial score (nSPS) is 11.1. The zero-order chi connectivity index (χ0) is 12.3. The smallest absolute Gasteiger partial charge is 0.307 e. The number of carboxylic acid groups (broad SMARTS) is 1. The Bertz CT molecular complexity index is 593. The van der Waals surface area contributed by atoms with Crippen molar-refractivity contribution in [2.75, 3.05) is 0 Å². The summed E-state index contributed by atoms with van der Waals surface area (Å²) in [6, 6.07) is 7.62. The molecular formula is C13H10ClNO2. The van der Waals surface area contributed by atoms with E-state index in [1.54, 1.807) is 18.3 Å². The predicted molar refractivity (Wildman–Crippen MR) is 68.0 cm³/mol. The highest BCUT2D eigenvalue weighted by Gasteiger charge is 2.02. The molecule has 0 aliphatic carbocycles. The summed E-state index contributed by atoms with van der Waals surface area (Å²) < 4.78 is 0. The number of halogens is 1. The third kappa shape index (κ3) is 2.63. The Balaban J connectivity index is 2.45. The van der Waals surface area contributed by atoms with Crippen molar-refractivity contribution in [3.05, 3.63) is 47.3 Å². The van der Waals surface area contributed by atoms with Crippen LogP contribution in [0.25, 0.3) is 16.8 Å². The Morgan fingerprint density at radius 2 is 2.06 bits per heavy atom. The molecule has 0 unspecified atom stereocenters. The number of fused-ring (bicyclic) bond motifs is 1. The molecule has 86 valence electrons. The van der Waals surface area contributed by atoms with Crippen LogP contribution >= 0.6 is 11.6 Å². The highest BCUT2D eigenvalue weighted by molar-refractivity contribution is 6.34. The van der Waals surface area contributed by atoms with Crippen LogP contribution in [0.5, 0.6) is 0 Å². The lowest BCUT2D eigenvalue weighted by Gasteiger charge is -2.03. The highest BCUT2D eigenvalue weighted by atomic mass is 35.5. The molecule has 0 bridgehead atoms. The van der Waals surface area contributed by atoms with Crippen molar-refractivity contribution in [1.82, 2.24) is 4.98 Å². The van der Waals surface area contributed by atoms with Crippen LogP contribution in [0.1, 0.15) is 12.0 Å². The molecule has 0 spiro atoms. The largest absolute Gasteiger partial charge is 0.481 e. The molecule has 2 aromatic rings. The van der Waals surface area contributed by atoms with E-state index in [1.807, 2.05) is 24.3 Å². The molecular weight excluding hydrogens is 238 g/mol. The quantitative estimate of drug-likeness (QED) is 0.846. The lowest BCUT2D eigenvalue weighted by molar-refractivity contribution is -0.135. The van der Waals surface area contributed by atoms with E-state index in [-0.39, 0.29) is 6.42 Å². The van der Waals surface area contributed by atoms with Crippen molar-refractivity contribution in [2.24, 2.45) is 0 Å². The van der Waals surface area contributed by atoms with Gasteiger partial charge in [-0.05, 0) is 5.39 Å². The number of aromatic nitrogens is 1. The van der Waals surface area contributed by atoms with Gasteiger partial charge in [-0.25, -0.2) is 4.98 Å². The van der Waals surface area contributed by atoms with Gasteiger partial charge >= 0.3 is 5.97 Å². The average Bonchev–Trinajstić information content (AvgIpc) is 2.32. The first-order valence-electron chi connectivity index (χ1n) is 5.10. The van der Waals surface area contributed by atoms with Gasteiger partial charge < -0.3 is 5.11 Å². The molecule has 3 nitrogen and oxygen atoms in total. The van der Waals surface area contributed by atoms with Crippen molar-refractivity contribution in [2.45, 2.75) is 6.42 Å². The van der Waals surface area contributed by atoms with Crippen LogP contribution in [0.2, 0.25) is 5.15 Å². The highest BCUT2D eigenvalue weighted by Crippen LogP contribution is 2.24. The van der Waals surface area contributed by atoms with Crippen molar-refractivity contribution >= 4 is 34.4 Å². The summed E-state index contributed by atoms with van der Waals surface area (Å²) in [5.41, 5.74) is 0.867. The number of carboxylic acids is 1. The van der Waals surface area contributed by atoms with Crippen molar-refractivity contribution < 1.29 is 9.90 Å². The van der Waals surface area contributed by atoms with Crippen molar-refractivity contribution in [3.8, 4) is 0 Å². The average molecular weight is 248 g/mol. The van der Waals surface area contributed by atoms with Crippen LogP contribution in [-0.4, -0.2) is 16.1 Å². The molecule has 1 aromatic carbocycles. The molecule has 17 heavy (non-hydrogen) atoms. The Hall–Kier alpha value is -1.87. The van der Waals surface area contributed by atoms with Crippen LogP contribution in [0, 0.1) is 0 Å². The molecule has 0 saturated carbocycles. The summed E-state index contributed by atoms with van der Waals surface area (Å²) in [6.07, 6.45) is 4.99. The summed E-state index contributed by atoms with van der Waals surface area (Å²) in [6.45, 7) is 0. The van der Waals surface area contributed by atoms with Gasteiger partial charge in [-0.3, -0.25) is 4.79 Å². The van der Waals surface area contributed by atoms with E-state index >= 15 is 0 Å². The van der Waals surface area contributed by atoms with Crippen molar-refractivity contribution in [1.29, 1.82) is 0 Å². The first-order valence-corrected chi connectivity index (χ1v) is 5.48. The maximum Gasteiger partial charge on any atom is 0.307 e. The minimum Gasteiger partial charge on any atom is -0.481 e. The van der Waals surface area contributed by atoms with Crippen LogP contribution < -0.4 is 0 Å². The number of hydrogen-bond donors (Lipinski definition) is 1. The zero-order valence-electron chi connectivity index (χ0n) is 8.93. The fourth-order valence-corrected chi connectivity index (χ4v) is 1.81. The van der Waals surface area contributed by atoms with Gasteiger partial charge in [0.15, 0.2) is 0 Å². The summed E-state index contributed by atoms with van der Waals surface area (Å²) >= 11 is 5.98. The number of carbonyl (C=O) groups is 1. The number of hydrogen-bond acceptors (Lipinski definition) is 2. The Morgan fingerprint density at radius 1 is 1.35 bits per heavy atom. The van der Waals surface area contributed by atoms with Crippen LogP contribution in [0.4, 0.5) is 0 Å². The summed E-state index contributed by atoms with van der Waals surface area (Å²) in [4.78, 5) is 14.5. The molecule has 4 heteroatoms. The lowest BCUT2D eigenvalue weighted by atomic mass is 10.1. The molecule has 1 aromatic heterocycles. The zero-order valence-corrected chi connectivity index (χ0v) is 9.69. The molecule has 0 amide bonds. The van der Waals surface area contributed by atoms with E-state index in [2.05, 4.69) is 4.98 Å². The van der Waals surface area contributed by atoms with Crippen LogP contribution in [0.15, 0.2) is 36.5 Å². The third-order valence-corrected chi connectivity index (χ3v) is 2.67. The van der Waals surface area contributed by atoms with E-state index in [9.17, 15) is 4.79 Å². The van der Waals surface area contributed by atoms with Gasteiger partial charge in [0.05, 0.1) is 6.42 Å². The summed E-state index contributed by atoms with van der Waals surface area (Å²) in [5.74, 6) is -0.854. The topological polar surface area (TPSA) is 50.2 Å². The Kier molecular flexibility index (Phi) is 3.40. The summed E-state index contributed by atoms with van der Waals surface area (Å²) in [7, 11) is 0. The van der Waals surface area contributed by atoms with Gasteiger partial charge in [0, 0.05) is 17.1 Å². The minimum atomic E-state index is -0.854. The fourth-order valence-electron chi connectivity index (χ4n) is 1.60. The van der Waals surface area contributed by atoms with Crippen molar-refractivity contribution in [3.63, 3.8) is 0 Å². The molecule has 0 aliphatic heterocycles. The van der Waals surface area contributed by atoms with Gasteiger partial charge in [0.25, 0.3) is 0 Å². The SMILES string of the molecule is O=C(O)CC=Cc1cnc(Cl)c2ccccc12. The van der Waals surface area contributed by atoms with Gasteiger partial charge in [0.1, 0.15) is 5.15 Å². The molecule has 2 rings (SSSR count). The van der Waals surface area contributed by atoms with E-state index in [0.717, 1.165) is 16.3 Å². The van der Waals surface area contributed by atoms with Crippen LogP contribution in [0.3, 0.4) is 0 Å². The number of nitrogens with zero attached hydrogens (tertiary/aromatic N) is 1. The van der Waals surface area contributed by atoms with E-state index in [4.69, 9.17) is 16.7 Å². The van der Waals surface area contributed by atoms with Gasteiger partial charge in [-0.1, -0.05) is 48.0 Å². The predicted octanol–water partition coefficient (Wildman–Crippen LogP) is 3.38. The second kappa shape index (κ2) is 4.97. The van der Waals surface area contributed by atoms with E-state index < -0.39 is 5.97 Å². The molecule has 0 fully saturated rings. The maximum atomic E-state index is 10.4. The number of benzene rings is 1. The van der Waals surface area contributed by atoms with Crippen LogP contribution in [-0.2, 0) is 4.79 Å². The van der Waals surface area contributed by atoms with E-state index in [1.165, 1.54) is 0 Å². The lowest BCUT2D eigenvalue weighted by Crippen LogP contribution is -1.90. The molecule has 1 heterocycles. The van der Waals surface area contributed by atoms with Gasteiger partial charge in [-0.2, -0.15) is 0 Å². The maximum absolute atomic E-state index is 10.4. The standard InChI is InChI=1S/C13H10ClNO2/c14-13-11-6-2-1-5-10(11)9(8-15-13)4-3-7-12(16)17/h1-6,8H,7H2,(H,16,17). The monoisotopic (exact) mass is 247 g/mol. The Labute approximate surface area is 103 Å². The third-order valence-electron chi connectivity index (χ3n) is 2.37. The van der Waals surface area contributed by atoms with Gasteiger partial charge in [0.2, 0.25) is 0 Å². The molecule has 0 saturated heterocycles. The van der Waals surface area contributed by atoms with E-state index in [0.29, 0.717) is 5.15 Å². The Morgan fingerprint density at radius 3 is 2.76 bits per heavy atom. The first kappa shape index (κ1) is 11.6. The number of pyridine rings is 1. The fraction of sp³-hybridized carbons (Fsp3) is 0.0769. The number of aliphatic carboxylic acids is 1. The first-order chi connectivity index (χ1) is 8.18. The van der Waals surface area contributed by atoms with Gasteiger partial charge in [-0.15, -0.1) is 0 Å². The molecule has 0 radical (unpaired) electrons. The second-order valence-electron chi connectivity index (χ2n) is 3.55. The summed E-state index contributed by atoms with van der Waals surface area (Å²) in [5, 5.41) is 10.8. The molecule has 0 aliphatic rings. The second-order valence-corrected chi connectivity index (χ2v) is 3.91. The molecule has 1 N–H and O–H groups in total. The number of rotatable bonds is 3. The molecule has 0 atom stereocenters. The minimum absolute atomic E-state index is 0.00302.